The molecule has 1 aromatic heterocycles. The molecular formula is C13H13NO2. The highest BCUT2D eigenvalue weighted by Gasteiger charge is 1.93. The summed E-state index contributed by atoms with van der Waals surface area (Å²) in [5.74, 6) is 0.718. The maximum absolute atomic E-state index is 5.37. The molecule has 0 unspecified atom stereocenters. The van der Waals surface area contributed by atoms with Gasteiger partial charge < -0.3 is 9.47 Å². The zero-order valence-electron chi connectivity index (χ0n) is 8.87. The van der Waals surface area contributed by atoms with Crippen LogP contribution in [-0.4, -0.2) is 11.8 Å². The molecule has 3 heteroatoms. The Morgan fingerprint density at radius 3 is 2.62 bits per heavy atom. The van der Waals surface area contributed by atoms with E-state index >= 15 is 0 Å². The van der Waals surface area contributed by atoms with Crippen LogP contribution in [0.15, 0.2) is 54.9 Å². The van der Waals surface area contributed by atoms with Gasteiger partial charge in [-0.1, -0.05) is 30.3 Å². The number of ether oxygens (including phenoxy) is 2. The third-order valence-electron chi connectivity index (χ3n) is 2.05. The van der Waals surface area contributed by atoms with E-state index < -0.39 is 0 Å². The van der Waals surface area contributed by atoms with E-state index in [4.69, 9.17) is 9.47 Å². The van der Waals surface area contributed by atoms with Gasteiger partial charge in [-0.3, -0.25) is 4.98 Å². The number of hydrogen-bond acceptors (Lipinski definition) is 3. The van der Waals surface area contributed by atoms with Crippen LogP contribution >= 0.6 is 0 Å². The molecule has 0 amide bonds. The minimum atomic E-state index is 0.237. The van der Waals surface area contributed by atoms with Crippen molar-refractivity contribution in [3.8, 4) is 5.75 Å². The Balaban J connectivity index is 1.70. The molecule has 2 rings (SSSR count). The molecule has 0 aliphatic heterocycles. The lowest BCUT2D eigenvalue weighted by molar-refractivity contribution is 0.00485. The molecule has 3 nitrogen and oxygen atoms in total. The van der Waals surface area contributed by atoms with E-state index in [1.807, 2.05) is 42.5 Å². The van der Waals surface area contributed by atoms with Crippen LogP contribution in [-0.2, 0) is 11.3 Å². The molecule has 0 fully saturated rings. The highest BCUT2D eigenvalue weighted by Crippen LogP contribution is 2.06. The summed E-state index contributed by atoms with van der Waals surface area (Å²) in [6, 6.07) is 13.7. The third-order valence-corrected chi connectivity index (χ3v) is 2.05. The summed E-state index contributed by atoms with van der Waals surface area (Å²) in [5, 5.41) is 0. The molecule has 0 saturated carbocycles. The first-order chi connectivity index (χ1) is 7.95. The minimum Gasteiger partial charge on any atom is -0.466 e. The summed E-state index contributed by atoms with van der Waals surface area (Å²) >= 11 is 0. The molecular weight excluding hydrogens is 202 g/mol. The summed E-state index contributed by atoms with van der Waals surface area (Å²) in [4.78, 5) is 3.94. The normalized spacial score (nSPS) is 10.0. The van der Waals surface area contributed by atoms with Gasteiger partial charge in [0, 0.05) is 6.20 Å². The molecule has 0 aliphatic rings. The summed E-state index contributed by atoms with van der Waals surface area (Å²) in [6.45, 7) is 0.793. The van der Waals surface area contributed by atoms with Crippen molar-refractivity contribution >= 4 is 0 Å². The number of nitrogens with zero attached hydrogens (tertiary/aromatic N) is 1. The Kier molecular flexibility index (Phi) is 3.91. The maximum Gasteiger partial charge on any atom is 0.189 e. The van der Waals surface area contributed by atoms with E-state index in [1.54, 1.807) is 12.4 Å². The summed E-state index contributed by atoms with van der Waals surface area (Å²) in [7, 11) is 0. The van der Waals surface area contributed by atoms with Crippen molar-refractivity contribution in [2.45, 2.75) is 6.61 Å². The van der Waals surface area contributed by atoms with Gasteiger partial charge in [-0.2, -0.15) is 0 Å². The second-order valence-corrected chi connectivity index (χ2v) is 3.28. The monoisotopic (exact) mass is 215 g/mol. The predicted octanol–water partition coefficient (Wildman–Crippen LogP) is 2.63. The Morgan fingerprint density at radius 1 is 1.00 bits per heavy atom. The van der Waals surface area contributed by atoms with Crippen molar-refractivity contribution in [3.63, 3.8) is 0 Å². The zero-order valence-corrected chi connectivity index (χ0v) is 8.87. The standard InChI is InChI=1S/C13H13NO2/c1-2-5-12(6-3-1)10-15-11-16-13-7-4-8-14-9-13/h1-9H,10-11H2. The highest BCUT2D eigenvalue weighted by molar-refractivity contribution is 5.15. The number of aromatic nitrogens is 1. The number of hydrogen-bond donors (Lipinski definition) is 0. The fraction of sp³-hybridized carbons (Fsp3) is 0.154. The summed E-state index contributed by atoms with van der Waals surface area (Å²) < 4.78 is 10.7. The van der Waals surface area contributed by atoms with Crippen molar-refractivity contribution in [1.29, 1.82) is 0 Å². The van der Waals surface area contributed by atoms with Gasteiger partial charge in [0.15, 0.2) is 6.79 Å². The Morgan fingerprint density at radius 2 is 1.88 bits per heavy atom. The van der Waals surface area contributed by atoms with Gasteiger partial charge in [0.25, 0.3) is 0 Å². The third kappa shape index (κ3) is 3.37. The molecule has 0 bridgehead atoms. The van der Waals surface area contributed by atoms with Crippen LogP contribution in [0.5, 0.6) is 5.75 Å². The van der Waals surface area contributed by atoms with Crippen molar-refractivity contribution in [2.24, 2.45) is 0 Å². The minimum absolute atomic E-state index is 0.237. The first-order valence-electron chi connectivity index (χ1n) is 5.09. The molecule has 0 N–H and O–H groups in total. The quantitative estimate of drug-likeness (QED) is 0.567. The Hall–Kier alpha value is -1.87. The largest absolute Gasteiger partial charge is 0.466 e. The van der Waals surface area contributed by atoms with Crippen molar-refractivity contribution in [1.82, 2.24) is 4.98 Å². The first kappa shape index (κ1) is 10.6. The van der Waals surface area contributed by atoms with Crippen LogP contribution in [0, 0.1) is 0 Å². The highest BCUT2D eigenvalue weighted by atomic mass is 16.7. The summed E-state index contributed by atoms with van der Waals surface area (Å²) in [6.07, 6.45) is 3.36. The Bertz CT molecular complexity index is 361. The molecule has 1 aromatic carbocycles. The van der Waals surface area contributed by atoms with E-state index in [1.165, 1.54) is 0 Å². The molecule has 0 atom stereocenters. The fourth-order valence-electron chi connectivity index (χ4n) is 1.28. The van der Waals surface area contributed by atoms with Crippen LogP contribution in [0.4, 0.5) is 0 Å². The molecule has 1 heterocycles. The molecule has 0 aliphatic carbocycles. The van der Waals surface area contributed by atoms with Crippen molar-refractivity contribution in [3.05, 3.63) is 60.4 Å². The lowest BCUT2D eigenvalue weighted by Gasteiger charge is -2.06. The van der Waals surface area contributed by atoms with Gasteiger partial charge in [0.2, 0.25) is 0 Å². The fourth-order valence-corrected chi connectivity index (χ4v) is 1.28. The lowest BCUT2D eigenvalue weighted by Crippen LogP contribution is -2.02. The summed E-state index contributed by atoms with van der Waals surface area (Å²) in [5.41, 5.74) is 1.14. The topological polar surface area (TPSA) is 31.4 Å². The lowest BCUT2D eigenvalue weighted by atomic mass is 10.2. The van der Waals surface area contributed by atoms with Gasteiger partial charge in [-0.25, -0.2) is 0 Å². The van der Waals surface area contributed by atoms with Gasteiger partial charge in [0.05, 0.1) is 12.8 Å². The number of benzene rings is 1. The van der Waals surface area contributed by atoms with Crippen LogP contribution < -0.4 is 4.74 Å². The van der Waals surface area contributed by atoms with Gasteiger partial charge in [-0.15, -0.1) is 0 Å². The second kappa shape index (κ2) is 5.88. The van der Waals surface area contributed by atoms with Gasteiger partial charge >= 0.3 is 0 Å². The van der Waals surface area contributed by atoms with E-state index in [2.05, 4.69) is 4.98 Å². The first-order valence-corrected chi connectivity index (χ1v) is 5.09. The van der Waals surface area contributed by atoms with E-state index in [-0.39, 0.29) is 6.79 Å². The smallest absolute Gasteiger partial charge is 0.189 e. The molecule has 2 aromatic rings. The average Bonchev–Trinajstić information content (AvgIpc) is 2.37. The van der Waals surface area contributed by atoms with Crippen molar-refractivity contribution < 1.29 is 9.47 Å². The van der Waals surface area contributed by atoms with Gasteiger partial charge in [-0.05, 0) is 17.7 Å². The van der Waals surface area contributed by atoms with Crippen molar-refractivity contribution in [2.75, 3.05) is 6.79 Å². The average molecular weight is 215 g/mol. The maximum atomic E-state index is 5.37. The molecule has 16 heavy (non-hydrogen) atoms. The Labute approximate surface area is 94.7 Å². The second-order valence-electron chi connectivity index (χ2n) is 3.28. The van der Waals surface area contributed by atoms with Crippen LogP contribution in [0.3, 0.4) is 0 Å². The van der Waals surface area contributed by atoms with E-state index in [0.29, 0.717) is 6.61 Å². The SMILES string of the molecule is c1ccc(COCOc2cccnc2)cc1. The number of rotatable bonds is 5. The number of pyridine rings is 1. The van der Waals surface area contributed by atoms with Crippen LogP contribution in [0.2, 0.25) is 0 Å². The van der Waals surface area contributed by atoms with Crippen LogP contribution in [0.25, 0.3) is 0 Å². The van der Waals surface area contributed by atoms with Crippen LogP contribution in [0.1, 0.15) is 5.56 Å². The zero-order chi connectivity index (χ0) is 11.1. The molecule has 0 radical (unpaired) electrons. The van der Waals surface area contributed by atoms with Gasteiger partial charge in [0.1, 0.15) is 5.75 Å². The van der Waals surface area contributed by atoms with E-state index in [0.717, 1.165) is 11.3 Å². The molecule has 0 spiro atoms. The predicted molar refractivity (Wildman–Crippen MR) is 61.0 cm³/mol. The molecule has 0 saturated heterocycles. The molecule has 82 valence electrons. The van der Waals surface area contributed by atoms with E-state index in [9.17, 15) is 0 Å².